The first-order valence-electron chi connectivity index (χ1n) is 14.9. The number of alkyl halides is 2. The van der Waals surface area contributed by atoms with E-state index in [4.69, 9.17) is 18.9 Å². The molecule has 5 atom stereocenters. The Morgan fingerprint density at radius 2 is 1.31 bits per heavy atom. The third-order valence-corrected chi connectivity index (χ3v) is 14.2. The Morgan fingerprint density at radius 3 is 1.84 bits per heavy atom. The number of aliphatic hydroxyl groups is 1. The van der Waals surface area contributed by atoms with Gasteiger partial charge >= 0.3 is 253 Å². The topological polar surface area (TPSA) is 153 Å². The standard InChI is InChI=1S/C33H47IN2O9/c1-21-27(28(37)25(35-30(40)44-32(2,3)4)19-42-17-22-11-9-8-10-12-22)34(21)24-15-13-23(14-16-24)18-43-20-26(29(38)39)36-31(41)45-33(5,6)7/h8-16,21,25-28,37H,17-20H2,1-7H3,(H,35,40)(H,36,41)(H,38,39)/t21-,25-,26-,27-,28?/m1/s1. The summed E-state index contributed by atoms with van der Waals surface area (Å²) >= 11 is -1.78. The Hall–Kier alpha value is -2.94. The van der Waals surface area contributed by atoms with Crippen molar-refractivity contribution in [3.05, 3.63) is 69.3 Å². The normalized spacial score (nSPS) is 19.2. The van der Waals surface area contributed by atoms with E-state index in [9.17, 15) is 24.6 Å². The van der Waals surface area contributed by atoms with Crippen molar-refractivity contribution in [3.8, 4) is 0 Å². The summed E-state index contributed by atoms with van der Waals surface area (Å²) in [6, 6.07) is 15.7. The summed E-state index contributed by atoms with van der Waals surface area (Å²) < 4.78 is 23.7. The first-order valence-corrected chi connectivity index (χ1v) is 18.5. The summed E-state index contributed by atoms with van der Waals surface area (Å²) in [6.45, 7) is 13.0. The molecule has 1 unspecified atom stereocenters. The number of rotatable bonds is 14. The number of hydrogen-bond donors (Lipinski definition) is 4. The van der Waals surface area contributed by atoms with Gasteiger partial charge in [-0.3, -0.25) is 0 Å². The van der Waals surface area contributed by atoms with Gasteiger partial charge in [0.1, 0.15) is 0 Å². The van der Waals surface area contributed by atoms with E-state index >= 15 is 0 Å². The van der Waals surface area contributed by atoms with Crippen molar-refractivity contribution in [2.24, 2.45) is 0 Å². The quantitative estimate of drug-likeness (QED) is 0.153. The molecule has 2 aromatic carbocycles. The minimum absolute atomic E-state index is 0.0480. The molecule has 1 fully saturated rings. The predicted molar refractivity (Wildman–Crippen MR) is 178 cm³/mol. The number of carbonyl (C=O) groups is 3. The van der Waals surface area contributed by atoms with E-state index < -0.39 is 67.4 Å². The molecule has 0 aliphatic carbocycles. The van der Waals surface area contributed by atoms with Crippen molar-refractivity contribution in [1.82, 2.24) is 10.6 Å². The van der Waals surface area contributed by atoms with Crippen molar-refractivity contribution in [1.29, 1.82) is 0 Å². The van der Waals surface area contributed by atoms with Crippen LogP contribution in [0.25, 0.3) is 0 Å². The molecule has 0 radical (unpaired) electrons. The van der Waals surface area contributed by atoms with Gasteiger partial charge in [-0.15, -0.1) is 0 Å². The zero-order valence-corrected chi connectivity index (χ0v) is 29.2. The van der Waals surface area contributed by atoms with Gasteiger partial charge in [0.15, 0.2) is 0 Å². The second kappa shape index (κ2) is 16.1. The second-order valence-electron chi connectivity index (χ2n) is 12.9. The Labute approximate surface area is 272 Å². The maximum atomic E-state index is 12.6. The summed E-state index contributed by atoms with van der Waals surface area (Å²) in [5.74, 6) is -1.22. The fourth-order valence-electron chi connectivity index (χ4n) is 4.50. The van der Waals surface area contributed by atoms with E-state index in [-0.39, 0.29) is 23.7 Å². The number of alkyl carbamates (subject to hydrolysis) is 2. The number of nitrogens with one attached hydrogen (secondary N) is 2. The zero-order valence-electron chi connectivity index (χ0n) is 27.0. The average Bonchev–Trinajstić information content (AvgIpc) is 3.60. The van der Waals surface area contributed by atoms with Gasteiger partial charge < -0.3 is 0 Å². The van der Waals surface area contributed by atoms with Crippen LogP contribution in [0.5, 0.6) is 0 Å². The molecule has 0 bridgehead atoms. The van der Waals surface area contributed by atoms with Crippen LogP contribution in [0.15, 0.2) is 54.6 Å². The first-order chi connectivity index (χ1) is 21.0. The third kappa shape index (κ3) is 12.4. The molecule has 2 aromatic rings. The van der Waals surface area contributed by atoms with E-state index in [1.165, 1.54) is 3.57 Å². The van der Waals surface area contributed by atoms with Gasteiger partial charge in [-0.25, -0.2) is 0 Å². The second-order valence-corrected chi connectivity index (χ2v) is 19.5. The number of halogens is 1. The van der Waals surface area contributed by atoms with Crippen molar-refractivity contribution in [2.75, 3.05) is 13.2 Å². The van der Waals surface area contributed by atoms with E-state index in [2.05, 4.69) is 17.6 Å². The van der Waals surface area contributed by atoms with Gasteiger partial charge in [-0.1, -0.05) is 0 Å². The molecular weight excluding hydrogens is 695 g/mol. The molecule has 3 rings (SSSR count). The van der Waals surface area contributed by atoms with Crippen molar-refractivity contribution >= 4 is 38.0 Å². The minimum atomic E-state index is -1.78. The number of benzene rings is 2. The fraction of sp³-hybridized carbons (Fsp3) is 0.545. The molecule has 1 aliphatic heterocycles. The molecule has 11 nitrogen and oxygen atoms in total. The summed E-state index contributed by atoms with van der Waals surface area (Å²) in [4.78, 5) is 36.2. The van der Waals surface area contributed by atoms with Crippen LogP contribution >= 0.6 is 19.8 Å². The van der Waals surface area contributed by atoms with Crippen LogP contribution in [-0.4, -0.2) is 78.8 Å². The molecule has 1 aliphatic rings. The molecule has 4 N–H and O–H groups in total. The molecular formula is C33H47IN2O9. The van der Waals surface area contributed by atoms with E-state index in [0.717, 1.165) is 11.1 Å². The molecule has 45 heavy (non-hydrogen) atoms. The van der Waals surface area contributed by atoms with Gasteiger partial charge in [0.2, 0.25) is 0 Å². The van der Waals surface area contributed by atoms with Crippen LogP contribution in [0, 0.1) is 3.57 Å². The first kappa shape index (κ1) is 36.5. The van der Waals surface area contributed by atoms with Crippen molar-refractivity contribution in [2.45, 2.75) is 98.9 Å². The molecule has 0 spiro atoms. The fourth-order valence-corrected chi connectivity index (χ4v) is 12.1. The van der Waals surface area contributed by atoms with Crippen LogP contribution < -0.4 is 10.6 Å². The van der Waals surface area contributed by atoms with Crippen LogP contribution in [-0.2, 0) is 37.0 Å². The Morgan fingerprint density at radius 1 is 0.800 bits per heavy atom. The third-order valence-electron chi connectivity index (χ3n) is 6.57. The van der Waals surface area contributed by atoms with Crippen LogP contribution in [0.2, 0.25) is 0 Å². The number of carbonyl (C=O) groups excluding carboxylic acids is 2. The maximum absolute atomic E-state index is 12.6. The van der Waals surface area contributed by atoms with Crippen LogP contribution in [0.3, 0.4) is 0 Å². The SMILES string of the molecule is C[C@@H]1[C@H](C(O)[C@@H](COCc2ccccc2)NC(=O)OC(C)(C)C)I1c1ccc(COC[C@@H](NC(=O)OC(C)(C)C)C(=O)O)cc1. The molecule has 1 saturated heterocycles. The van der Waals surface area contributed by atoms with Crippen molar-refractivity contribution < 1.29 is 43.5 Å². The van der Waals surface area contributed by atoms with Crippen LogP contribution in [0.1, 0.15) is 59.6 Å². The van der Waals surface area contributed by atoms with Gasteiger partial charge in [-0.2, -0.15) is 0 Å². The number of aliphatic carboxylic acids is 1. The van der Waals surface area contributed by atoms with Gasteiger partial charge in [0.25, 0.3) is 0 Å². The monoisotopic (exact) mass is 742 g/mol. The molecule has 250 valence electrons. The van der Waals surface area contributed by atoms with Crippen LogP contribution in [0.4, 0.5) is 9.59 Å². The molecule has 0 aromatic heterocycles. The molecule has 2 amide bonds. The van der Waals surface area contributed by atoms with Crippen molar-refractivity contribution in [3.63, 3.8) is 0 Å². The zero-order chi connectivity index (χ0) is 33.4. The average molecular weight is 743 g/mol. The Kier molecular flexibility index (Phi) is 13.0. The number of carboxylic acid groups (broad SMARTS) is 1. The number of hydrogen-bond acceptors (Lipinski definition) is 8. The number of amides is 2. The number of carboxylic acids is 1. The number of aliphatic hydroxyl groups excluding tert-OH is 1. The number of ether oxygens (including phenoxy) is 4. The summed E-state index contributed by atoms with van der Waals surface area (Å²) in [5, 5.41) is 26.1. The van der Waals surface area contributed by atoms with E-state index in [1.807, 2.05) is 54.6 Å². The predicted octanol–water partition coefficient (Wildman–Crippen LogP) is 5.10. The molecule has 12 heteroatoms. The molecule has 0 saturated carbocycles. The van der Waals surface area contributed by atoms with Gasteiger partial charge in [-0.05, 0) is 20.8 Å². The Balaban J connectivity index is 1.57. The van der Waals surface area contributed by atoms with E-state index in [1.54, 1.807) is 41.5 Å². The summed E-state index contributed by atoms with van der Waals surface area (Å²) in [7, 11) is 0. The molecule has 1 heterocycles. The summed E-state index contributed by atoms with van der Waals surface area (Å²) in [6.07, 6.45) is -2.23. The van der Waals surface area contributed by atoms with Gasteiger partial charge in [0, 0.05) is 0 Å². The van der Waals surface area contributed by atoms with E-state index in [0.29, 0.717) is 10.5 Å². The van der Waals surface area contributed by atoms with Gasteiger partial charge in [0.05, 0.1) is 0 Å². The summed E-state index contributed by atoms with van der Waals surface area (Å²) in [5.41, 5.74) is 0.420. The Bertz CT molecular complexity index is 1260.